The standard InChI is InChI=1S/C72H92N10O6/c1-9-17-29-51(13-5)47-79(48-52(14-6)30-18-10-2)67(83)57-37-27-39-59(43-57)75-77-65-63(55-33-23-21-24-34-55)61(45-73)69(85)81(71(65)87)41-42-82-70(86)62(46-74)64(56-35-25-22-26-36-56)66(72(82)88)78-76-60-40-28-38-58(44-60)68(84)80(49-53(15-7)31-19-11-3)50-54(16-8)32-20-12-4/h21-28,33-40,43-44,51-54,87-88H,9-20,29-32,41-42,47-50H2,1-8H3/b77-75+,78-76+. The van der Waals surface area contributed by atoms with Crippen LogP contribution in [0.5, 0.6) is 11.8 Å². The van der Waals surface area contributed by atoms with Crippen LogP contribution < -0.4 is 11.1 Å². The Morgan fingerprint density at radius 1 is 0.466 bits per heavy atom. The lowest BCUT2D eigenvalue weighted by atomic mass is 9.95. The van der Waals surface area contributed by atoms with E-state index in [1.54, 1.807) is 109 Å². The van der Waals surface area contributed by atoms with Crippen LogP contribution in [0, 0.1) is 46.3 Å². The molecular weight excluding hydrogens is 1100 g/mol. The summed E-state index contributed by atoms with van der Waals surface area (Å²) in [5.41, 5.74) is -0.872. The Morgan fingerprint density at radius 3 is 1.07 bits per heavy atom. The van der Waals surface area contributed by atoms with E-state index >= 15 is 0 Å². The number of azo groups is 2. The Labute approximate surface area is 521 Å². The normalized spacial score (nSPS) is 12.8. The summed E-state index contributed by atoms with van der Waals surface area (Å²) in [6, 6.07) is 34.7. The monoisotopic (exact) mass is 1190 g/mol. The summed E-state index contributed by atoms with van der Waals surface area (Å²) in [5, 5.41) is 64.2. The third-order valence-electron chi connectivity index (χ3n) is 17.1. The van der Waals surface area contributed by atoms with E-state index in [-0.39, 0.29) is 56.8 Å². The quantitative estimate of drug-likeness (QED) is 0.0363. The van der Waals surface area contributed by atoms with Crippen molar-refractivity contribution in [3.05, 3.63) is 152 Å². The summed E-state index contributed by atoms with van der Waals surface area (Å²) in [7, 11) is 0. The molecule has 2 amide bonds. The van der Waals surface area contributed by atoms with Gasteiger partial charge in [0.05, 0.1) is 11.4 Å². The maximum Gasteiger partial charge on any atom is 0.272 e. The molecule has 88 heavy (non-hydrogen) atoms. The molecule has 466 valence electrons. The van der Waals surface area contributed by atoms with Crippen LogP contribution >= 0.6 is 0 Å². The van der Waals surface area contributed by atoms with Crippen LogP contribution in [0.4, 0.5) is 22.7 Å². The zero-order valence-corrected chi connectivity index (χ0v) is 53.3. The van der Waals surface area contributed by atoms with E-state index in [2.05, 4.69) is 75.8 Å². The third-order valence-corrected chi connectivity index (χ3v) is 17.1. The molecule has 0 aliphatic carbocycles. The van der Waals surface area contributed by atoms with Gasteiger partial charge in [-0.2, -0.15) is 20.8 Å². The molecule has 4 atom stereocenters. The molecule has 6 rings (SSSR count). The molecule has 0 bridgehead atoms. The van der Waals surface area contributed by atoms with E-state index in [9.17, 15) is 39.9 Å². The van der Waals surface area contributed by atoms with E-state index in [0.717, 1.165) is 112 Å². The first-order chi connectivity index (χ1) is 42.7. The molecule has 0 spiro atoms. The number of pyridine rings is 2. The molecule has 0 saturated heterocycles. The molecule has 0 aliphatic heterocycles. The van der Waals surface area contributed by atoms with Gasteiger partial charge < -0.3 is 20.0 Å². The number of amides is 2. The highest BCUT2D eigenvalue weighted by Crippen LogP contribution is 2.42. The van der Waals surface area contributed by atoms with Crippen molar-refractivity contribution in [3.63, 3.8) is 0 Å². The van der Waals surface area contributed by atoms with E-state index in [0.29, 0.717) is 72.1 Å². The van der Waals surface area contributed by atoms with Crippen LogP contribution in [0.3, 0.4) is 0 Å². The molecule has 0 fully saturated rings. The summed E-state index contributed by atoms with van der Waals surface area (Å²) in [5.74, 6) is -0.238. The number of benzene rings is 4. The molecule has 0 radical (unpaired) electrons. The SMILES string of the molecule is CCCCC(CC)CN(CC(CC)CCCC)C(=O)c1cccc(/N=N/c2c(-c3ccccc3)c(C#N)c(=O)n(CCn3c(O)c(/N=N/c4cccc(C(=O)N(CC(CC)CCCC)CC(CC)CCCC)c4)c(-c4ccccc4)c(C#N)c3=O)c2O)c1. The third kappa shape index (κ3) is 18.1. The van der Waals surface area contributed by atoms with Crippen molar-refractivity contribution in [2.75, 3.05) is 26.2 Å². The van der Waals surface area contributed by atoms with Crippen molar-refractivity contribution in [2.45, 2.75) is 171 Å². The van der Waals surface area contributed by atoms with Crippen LogP contribution in [0.25, 0.3) is 22.3 Å². The highest BCUT2D eigenvalue weighted by Gasteiger charge is 2.29. The lowest BCUT2D eigenvalue weighted by Gasteiger charge is -2.31. The highest BCUT2D eigenvalue weighted by molar-refractivity contribution is 5.96. The average Bonchev–Trinajstić information content (AvgIpc) is 2.54. The Balaban J connectivity index is 1.42. The minimum absolute atomic E-state index is 0.00815. The fourth-order valence-electron chi connectivity index (χ4n) is 11.6. The van der Waals surface area contributed by atoms with Gasteiger partial charge in [0, 0.05) is 61.5 Å². The number of nitrogens with zero attached hydrogens (tertiary/aromatic N) is 10. The average molecular weight is 1190 g/mol. The number of unbranched alkanes of at least 4 members (excludes halogenated alkanes) is 4. The van der Waals surface area contributed by atoms with Crippen molar-refractivity contribution in [3.8, 4) is 46.2 Å². The zero-order chi connectivity index (χ0) is 63.5. The molecular formula is C72H92N10O6. The minimum atomic E-state index is -0.918. The Bertz CT molecular complexity index is 3240. The van der Waals surface area contributed by atoms with Crippen molar-refractivity contribution in [1.29, 1.82) is 10.5 Å². The van der Waals surface area contributed by atoms with Crippen molar-refractivity contribution < 1.29 is 19.8 Å². The second-order valence-corrected chi connectivity index (χ2v) is 23.3. The number of nitriles is 2. The highest BCUT2D eigenvalue weighted by atomic mass is 16.3. The lowest BCUT2D eigenvalue weighted by Crippen LogP contribution is -2.39. The number of carbonyl (C=O) groups is 2. The number of carbonyl (C=O) groups excluding carboxylic acids is 2. The van der Waals surface area contributed by atoms with Gasteiger partial charge in [-0.25, -0.2) is 0 Å². The Hall–Kier alpha value is -8.50. The lowest BCUT2D eigenvalue weighted by molar-refractivity contribution is 0.0678. The predicted molar refractivity (Wildman–Crippen MR) is 351 cm³/mol. The minimum Gasteiger partial charge on any atom is -0.493 e. The second kappa shape index (κ2) is 35.3. The topological polar surface area (TPSA) is 222 Å². The predicted octanol–water partition coefficient (Wildman–Crippen LogP) is 17.8. The van der Waals surface area contributed by atoms with E-state index in [1.807, 2.05) is 21.9 Å². The van der Waals surface area contributed by atoms with E-state index in [1.165, 1.54) is 0 Å². The van der Waals surface area contributed by atoms with Gasteiger partial charge in [0.25, 0.3) is 22.9 Å². The van der Waals surface area contributed by atoms with Gasteiger partial charge in [-0.15, -0.1) is 10.2 Å². The Morgan fingerprint density at radius 2 is 0.784 bits per heavy atom. The molecule has 16 nitrogen and oxygen atoms in total. The summed E-state index contributed by atoms with van der Waals surface area (Å²) < 4.78 is 1.75. The number of rotatable bonds is 35. The molecule has 4 aromatic carbocycles. The number of hydrogen-bond donors (Lipinski definition) is 2. The van der Waals surface area contributed by atoms with Gasteiger partial charge >= 0.3 is 0 Å². The van der Waals surface area contributed by atoms with Gasteiger partial charge in [-0.05, 0) is 96.9 Å². The summed E-state index contributed by atoms with van der Waals surface area (Å²) >= 11 is 0. The first-order valence-electron chi connectivity index (χ1n) is 32.3. The fraction of sp³-hybridized carbons (Fsp3) is 0.472. The van der Waals surface area contributed by atoms with Crippen LogP contribution in [0.2, 0.25) is 0 Å². The zero-order valence-electron chi connectivity index (χ0n) is 53.3. The van der Waals surface area contributed by atoms with Crippen molar-refractivity contribution in [2.24, 2.45) is 44.1 Å². The largest absolute Gasteiger partial charge is 0.493 e. The van der Waals surface area contributed by atoms with Gasteiger partial charge in [-0.3, -0.25) is 28.3 Å². The van der Waals surface area contributed by atoms with Gasteiger partial charge in [0.2, 0.25) is 11.8 Å². The van der Waals surface area contributed by atoms with Gasteiger partial charge in [0.15, 0.2) is 11.4 Å². The molecule has 0 saturated carbocycles. The molecule has 2 aromatic heterocycles. The molecule has 4 unspecified atom stereocenters. The molecule has 2 heterocycles. The van der Waals surface area contributed by atoms with Gasteiger partial charge in [0.1, 0.15) is 23.3 Å². The fourth-order valence-corrected chi connectivity index (χ4v) is 11.6. The van der Waals surface area contributed by atoms with E-state index in [4.69, 9.17) is 0 Å². The molecule has 16 heteroatoms. The smallest absolute Gasteiger partial charge is 0.272 e. The van der Waals surface area contributed by atoms with Crippen LogP contribution in [-0.2, 0) is 13.1 Å². The number of aromatic nitrogens is 2. The Kier molecular flexibility index (Phi) is 27.6. The second-order valence-electron chi connectivity index (χ2n) is 23.3. The molecule has 6 aromatic rings. The molecule has 0 aliphatic rings. The van der Waals surface area contributed by atoms with Crippen LogP contribution in [0.15, 0.2) is 139 Å². The van der Waals surface area contributed by atoms with Crippen LogP contribution in [0.1, 0.15) is 190 Å². The van der Waals surface area contributed by atoms with Crippen molar-refractivity contribution >= 4 is 34.6 Å². The first kappa shape index (κ1) is 68.6. The van der Waals surface area contributed by atoms with Crippen LogP contribution in [-0.4, -0.2) is 67.1 Å². The first-order valence-corrected chi connectivity index (χ1v) is 32.3. The molecule has 2 N–H and O–H groups in total. The van der Waals surface area contributed by atoms with E-state index < -0.39 is 36.0 Å². The summed E-state index contributed by atoms with van der Waals surface area (Å²) in [6.07, 6.45) is 16.6. The van der Waals surface area contributed by atoms with Gasteiger partial charge in [-0.1, -0.05) is 205 Å². The maximum absolute atomic E-state index is 14.6. The van der Waals surface area contributed by atoms with Crippen molar-refractivity contribution in [1.82, 2.24) is 18.9 Å². The number of aromatic hydroxyl groups is 2. The summed E-state index contributed by atoms with van der Waals surface area (Å²) in [6.45, 7) is 18.9. The maximum atomic E-state index is 14.6. The summed E-state index contributed by atoms with van der Waals surface area (Å²) in [4.78, 5) is 62.3. The number of hydrogen-bond acceptors (Lipinski definition) is 12.